The molecule has 1 aliphatic rings. The minimum atomic E-state index is -0.0343. The molecule has 1 fully saturated rings. The van der Waals surface area contributed by atoms with Crippen LogP contribution in [0.1, 0.15) is 18.4 Å². The summed E-state index contributed by atoms with van der Waals surface area (Å²) >= 11 is 0. The largest absolute Gasteiger partial charge is 0.493 e. The predicted molar refractivity (Wildman–Crippen MR) is 103 cm³/mol. The second-order valence-corrected chi connectivity index (χ2v) is 6.56. The van der Waals surface area contributed by atoms with E-state index in [2.05, 4.69) is 20.2 Å². The Bertz CT molecular complexity index is 754. The fraction of sp³-hybridized carbons (Fsp3) is 0.450. The lowest BCUT2D eigenvalue weighted by Crippen LogP contribution is -2.44. The number of hydrogen-bond donors (Lipinski definition) is 1. The molecule has 1 atom stereocenters. The first-order chi connectivity index (χ1) is 13.2. The summed E-state index contributed by atoms with van der Waals surface area (Å²) in [6, 6.07) is 7.61. The SMILES string of the molecule is COc1ccc(CCNC(=O)C2CCCN(c3ncccn3)C2)cc1OC. The van der Waals surface area contributed by atoms with Crippen LogP contribution in [0.25, 0.3) is 0 Å². The molecular weight excluding hydrogens is 344 g/mol. The summed E-state index contributed by atoms with van der Waals surface area (Å²) in [7, 11) is 3.24. The van der Waals surface area contributed by atoms with E-state index in [1.54, 1.807) is 32.7 Å². The second kappa shape index (κ2) is 9.21. The van der Waals surface area contributed by atoms with Crippen LogP contribution in [0.2, 0.25) is 0 Å². The molecule has 144 valence electrons. The summed E-state index contributed by atoms with van der Waals surface area (Å²) in [5.41, 5.74) is 1.09. The van der Waals surface area contributed by atoms with Gasteiger partial charge in [-0.15, -0.1) is 0 Å². The summed E-state index contributed by atoms with van der Waals surface area (Å²) in [5.74, 6) is 2.16. The van der Waals surface area contributed by atoms with Gasteiger partial charge in [0.15, 0.2) is 11.5 Å². The van der Waals surface area contributed by atoms with Gasteiger partial charge in [0.2, 0.25) is 11.9 Å². The molecule has 1 saturated heterocycles. The lowest BCUT2D eigenvalue weighted by molar-refractivity contribution is -0.125. The summed E-state index contributed by atoms with van der Waals surface area (Å²) in [6.07, 6.45) is 6.06. The molecule has 0 saturated carbocycles. The monoisotopic (exact) mass is 370 g/mol. The number of anilines is 1. The first-order valence-electron chi connectivity index (χ1n) is 9.22. The zero-order chi connectivity index (χ0) is 19.1. The average molecular weight is 370 g/mol. The summed E-state index contributed by atoms with van der Waals surface area (Å²) in [4.78, 5) is 23.2. The lowest BCUT2D eigenvalue weighted by Gasteiger charge is -2.31. The molecule has 0 spiro atoms. The summed E-state index contributed by atoms with van der Waals surface area (Å²) in [5, 5.41) is 3.06. The number of nitrogens with one attached hydrogen (secondary N) is 1. The Morgan fingerprint density at radius 3 is 2.74 bits per heavy atom. The molecule has 1 unspecified atom stereocenters. The van der Waals surface area contributed by atoms with Gasteiger partial charge in [-0.05, 0) is 43.0 Å². The number of amides is 1. The number of carbonyl (C=O) groups is 1. The molecule has 1 aromatic carbocycles. The van der Waals surface area contributed by atoms with E-state index in [1.165, 1.54) is 0 Å². The van der Waals surface area contributed by atoms with Gasteiger partial charge in [-0.3, -0.25) is 4.79 Å². The number of nitrogens with zero attached hydrogens (tertiary/aromatic N) is 3. The van der Waals surface area contributed by atoms with E-state index < -0.39 is 0 Å². The van der Waals surface area contributed by atoms with Crippen LogP contribution in [0, 0.1) is 5.92 Å². The third-order valence-corrected chi connectivity index (χ3v) is 4.79. The molecule has 1 amide bonds. The maximum absolute atomic E-state index is 12.6. The Labute approximate surface area is 159 Å². The van der Waals surface area contributed by atoms with Crippen molar-refractivity contribution in [3.8, 4) is 11.5 Å². The van der Waals surface area contributed by atoms with Crippen LogP contribution in [-0.2, 0) is 11.2 Å². The molecule has 0 aliphatic carbocycles. The maximum atomic E-state index is 12.6. The van der Waals surface area contributed by atoms with Crippen molar-refractivity contribution in [2.24, 2.45) is 5.92 Å². The Hall–Kier alpha value is -2.83. The average Bonchev–Trinajstić information content (AvgIpc) is 2.74. The first-order valence-corrected chi connectivity index (χ1v) is 9.22. The molecule has 1 aromatic heterocycles. The van der Waals surface area contributed by atoms with Gasteiger partial charge in [0.05, 0.1) is 20.1 Å². The molecular formula is C20H26N4O3. The summed E-state index contributed by atoms with van der Waals surface area (Å²) < 4.78 is 10.6. The van der Waals surface area contributed by atoms with Gasteiger partial charge in [-0.1, -0.05) is 6.07 Å². The van der Waals surface area contributed by atoms with Gasteiger partial charge < -0.3 is 19.7 Å². The minimum absolute atomic E-state index is 0.0343. The van der Waals surface area contributed by atoms with E-state index in [9.17, 15) is 4.79 Å². The quantitative estimate of drug-likeness (QED) is 0.804. The molecule has 1 aliphatic heterocycles. The van der Waals surface area contributed by atoms with E-state index in [-0.39, 0.29) is 11.8 Å². The van der Waals surface area contributed by atoms with Gasteiger partial charge in [0.25, 0.3) is 0 Å². The zero-order valence-electron chi connectivity index (χ0n) is 15.9. The molecule has 7 nitrogen and oxygen atoms in total. The topological polar surface area (TPSA) is 76.6 Å². The Balaban J connectivity index is 1.50. The van der Waals surface area contributed by atoms with Crippen LogP contribution in [0.5, 0.6) is 11.5 Å². The van der Waals surface area contributed by atoms with E-state index in [0.717, 1.165) is 31.4 Å². The number of rotatable bonds is 7. The van der Waals surface area contributed by atoms with Crippen molar-refractivity contribution in [2.75, 3.05) is 38.8 Å². The fourth-order valence-corrected chi connectivity index (χ4v) is 3.34. The molecule has 0 bridgehead atoms. The minimum Gasteiger partial charge on any atom is -0.493 e. The highest BCUT2D eigenvalue weighted by Crippen LogP contribution is 2.27. The standard InChI is InChI=1S/C20H26N4O3/c1-26-17-7-6-15(13-18(17)27-2)8-11-21-19(25)16-5-3-12-24(14-16)20-22-9-4-10-23-20/h4,6-7,9-10,13,16H,3,5,8,11-12,14H2,1-2H3,(H,21,25). The van der Waals surface area contributed by atoms with Crippen molar-refractivity contribution >= 4 is 11.9 Å². The van der Waals surface area contributed by atoms with Crippen molar-refractivity contribution in [1.29, 1.82) is 0 Å². The van der Waals surface area contributed by atoms with Crippen LogP contribution in [0.3, 0.4) is 0 Å². The second-order valence-electron chi connectivity index (χ2n) is 6.56. The maximum Gasteiger partial charge on any atom is 0.225 e. The molecule has 7 heteroatoms. The number of piperidine rings is 1. The van der Waals surface area contributed by atoms with E-state index in [4.69, 9.17) is 9.47 Å². The molecule has 0 radical (unpaired) electrons. The Kier molecular flexibility index (Phi) is 6.46. The summed E-state index contributed by atoms with van der Waals surface area (Å²) in [6.45, 7) is 2.14. The highest BCUT2D eigenvalue weighted by molar-refractivity contribution is 5.79. The van der Waals surface area contributed by atoms with Gasteiger partial charge in [0.1, 0.15) is 0 Å². The molecule has 3 rings (SSSR count). The molecule has 1 N–H and O–H groups in total. The highest BCUT2D eigenvalue weighted by atomic mass is 16.5. The van der Waals surface area contributed by atoms with Crippen molar-refractivity contribution in [3.05, 3.63) is 42.2 Å². The Morgan fingerprint density at radius 2 is 2.00 bits per heavy atom. The van der Waals surface area contributed by atoms with Gasteiger partial charge in [-0.25, -0.2) is 9.97 Å². The zero-order valence-corrected chi connectivity index (χ0v) is 15.9. The van der Waals surface area contributed by atoms with E-state index in [1.807, 2.05) is 18.2 Å². The molecule has 2 heterocycles. The van der Waals surface area contributed by atoms with Crippen molar-refractivity contribution < 1.29 is 14.3 Å². The van der Waals surface area contributed by atoms with E-state index in [0.29, 0.717) is 30.5 Å². The third-order valence-electron chi connectivity index (χ3n) is 4.79. The third kappa shape index (κ3) is 4.87. The van der Waals surface area contributed by atoms with Crippen molar-refractivity contribution in [3.63, 3.8) is 0 Å². The fourth-order valence-electron chi connectivity index (χ4n) is 3.34. The normalized spacial score (nSPS) is 16.7. The van der Waals surface area contributed by atoms with Gasteiger partial charge in [0, 0.05) is 32.0 Å². The van der Waals surface area contributed by atoms with Gasteiger partial charge in [-0.2, -0.15) is 0 Å². The van der Waals surface area contributed by atoms with Crippen LogP contribution in [-0.4, -0.2) is 49.7 Å². The number of carbonyl (C=O) groups excluding carboxylic acids is 1. The lowest BCUT2D eigenvalue weighted by atomic mass is 9.97. The number of methoxy groups -OCH3 is 2. The van der Waals surface area contributed by atoms with E-state index >= 15 is 0 Å². The molecule has 2 aromatic rings. The number of ether oxygens (including phenoxy) is 2. The predicted octanol–water partition coefficient (Wildman–Crippen LogP) is 2.07. The van der Waals surface area contributed by atoms with Crippen molar-refractivity contribution in [2.45, 2.75) is 19.3 Å². The van der Waals surface area contributed by atoms with Crippen molar-refractivity contribution in [1.82, 2.24) is 15.3 Å². The van der Waals surface area contributed by atoms with Crippen LogP contribution < -0.4 is 19.7 Å². The Morgan fingerprint density at radius 1 is 1.22 bits per heavy atom. The smallest absolute Gasteiger partial charge is 0.225 e. The number of benzene rings is 1. The van der Waals surface area contributed by atoms with Crippen LogP contribution in [0.15, 0.2) is 36.7 Å². The van der Waals surface area contributed by atoms with Gasteiger partial charge >= 0.3 is 0 Å². The number of hydrogen-bond acceptors (Lipinski definition) is 6. The van der Waals surface area contributed by atoms with Crippen LogP contribution >= 0.6 is 0 Å². The number of aromatic nitrogens is 2. The van der Waals surface area contributed by atoms with Crippen LogP contribution in [0.4, 0.5) is 5.95 Å². The molecule has 27 heavy (non-hydrogen) atoms. The highest BCUT2D eigenvalue weighted by Gasteiger charge is 2.26. The first kappa shape index (κ1) is 18.9.